The fraction of sp³-hybridized carbons (Fsp3) is 0.625. The number of rotatable bonds is 9. The summed E-state index contributed by atoms with van der Waals surface area (Å²) in [6, 6.07) is 9.40. The summed E-state index contributed by atoms with van der Waals surface area (Å²) in [5, 5.41) is 4.01. The molecule has 1 aromatic rings. The van der Waals surface area contributed by atoms with Crippen molar-refractivity contribution in [3.05, 3.63) is 35.4 Å². The molecule has 1 aromatic carbocycles. The summed E-state index contributed by atoms with van der Waals surface area (Å²) in [5.74, 6) is 1.15. The SMILES string of the molecule is CCc1ccc(C(NC)C(C)SCCCOC)cc1. The van der Waals surface area contributed by atoms with Crippen molar-refractivity contribution in [2.75, 3.05) is 26.5 Å². The molecule has 0 spiro atoms. The van der Waals surface area contributed by atoms with Crippen LogP contribution in [-0.2, 0) is 11.2 Å². The Morgan fingerprint density at radius 2 is 1.95 bits per heavy atom. The zero-order valence-electron chi connectivity index (χ0n) is 12.6. The number of hydrogen-bond donors (Lipinski definition) is 1. The summed E-state index contributed by atoms with van der Waals surface area (Å²) in [4.78, 5) is 0. The summed E-state index contributed by atoms with van der Waals surface area (Å²) in [6.45, 7) is 5.35. The highest BCUT2D eigenvalue weighted by atomic mass is 32.2. The molecule has 108 valence electrons. The average Bonchev–Trinajstić information content (AvgIpc) is 2.45. The van der Waals surface area contributed by atoms with Crippen molar-refractivity contribution in [1.82, 2.24) is 5.32 Å². The van der Waals surface area contributed by atoms with Crippen LogP contribution in [0.25, 0.3) is 0 Å². The van der Waals surface area contributed by atoms with Gasteiger partial charge >= 0.3 is 0 Å². The number of benzene rings is 1. The van der Waals surface area contributed by atoms with Crippen molar-refractivity contribution < 1.29 is 4.74 Å². The molecule has 0 fully saturated rings. The molecule has 0 aliphatic rings. The second-order valence-electron chi connectivity index (χ2n) is 4.78. The minimum absolute atomic E-state index is 0.415. The van der Waals surface area contributed by atoms with Crippen LogP contribution >= 0.6 is 11.8 Å². The Labute approximate surface area is 122 Å². The number of thioether (sulfide) groups is 1. The van der Waals surface area contributed by atoms with Crippen LogP contribution in [0.1, 0.15) is 37.4 Å². The van der Waals surface area contributed by atoms with Crippen LogP contribution in [0.5, 0.6) is 0 Å². The molecule has 1 rings (SSSR count). The quantitative estimate of drug-likeness (QED) is 0.698. The van der Waals surface area contributed by atoms with Crippen LogP contribution < -0.4 is 5.32 Å². The van der Waals surface area contributed by atoms with Crippen molar-refractivity contribution in [3.8, 4) is 0 Å². The normalized spacial score (nSPS) is 14.3. The predicted octanol–water partition coefficient (Wildman–Crippen LogP) is 3.67. The third kappa shape index (κ3) is 5.55. The molecule has 0 saturated heterocycles. The highest BCUT2D eigenvalue weighted by Crippen LogP contribution is 2.26. The first kappa shape index (κ1) is 16.5. The topological polar surface area (TPSA) is 21.3 Å². The smallest absolute Gasteiger partial charge is 0.0470 e. The highest BCUT2D eigenvalue weighted by Gasteiger charge is 2.17. The van der Waals surface area contributed by atoms with E-state index in [2.05, 4.69) is 43.4 Å². The number of aryl methyl sites for hydroxylation is 1. The Hall–Kier alpha value is -0.510. The lowest BCUT2D eigenvalue weighted by Gasteiger charge is -2.24. The van der Waals surface area contributed by atoms with Crippen molar-refractivity contribution in [2.45, 2.75) is 38.0 Å². The van der Waals surface area contributed by atoms with Gasteiger partial charge in [-0.15, -0.1) is 0 Å². The lowest BCUT2D eigenvalue weighted by molar-refractivity contribution is 0.200. The van der Waals surface area contributed by atoms with Gasteiger partial charge < -0.3 is 10.1 Å². The molecule has 2 nitrogen and oxygen atoms in total. The Morgan fingerprint density at radius 3 is 2.47 bits per heavy atom. The fourth-order valence-electron chi connectivity index (χ4n) is 2.20. The van der Waals surface area contributed by atoms with Gasteiger partial charge in [0.1, 0.15) is 0 Å². The molecule has 0 amide bonds. The maximum atomic E-state index is 5.09. The van der Waals surface area contributed by atoms with E-state index in [0.717, 1.165) is 25.2 Å². The van der Waals surface area contributed by atoms with E-state index in [4.69, 9.17) is 4.74 Å². The van der Waals surface area contributed by atoms with Gasteiger partial charge in [0.05, 0.1) is 0 Å². The van der Waals surface area contributed by atoms with Crippen molar-refractivity contribution >= 4 is 11.8 Å². The molecule has 2 unspecified atom stereocenters. The van der Waals surface area contributed by atoms with E-state index in [9.17, 15) is 0 Å². The number of methoxy groups -OCH3 is 1. The first-order valence-electron chi connectivity index (χ1n) is 7.09. The van der Waals surface area contributed by atoms with Crippen LogP contribution in [0.15, 0.2) is 24.3 Å². The Morgan fingerprint density at radius 1 is 1.26 bits per heavy atom. The van der Waals surface area contributed by atoms with Crippen molar-refractivity contribution in [3.63, 3.8) is 0 Å². The van der Waals surface area contributed by atoms with Gasteiger partial charge in [0, 0.05) is 25.0 Å². The Bertz CT molecular complexity index is 339. The number of ether oxygens (including phenoxy) is 1. The molecule has 3 heteroatoms. The van der Waals surface area contributed by atoms with Crippen molar-refractivity contribution in [1.29, 1.82) is 0 Å². The van der Waals surface area contributed by atoms with E-state index >= 15 is 0 Å². The number of nitrogens with one attached hydrogen (secondary N) is 1. The third-order valence-electron chi connectivity index (χ3n) is 3.40. The largest absolute Gasteiger partial charge is 0.385 e. The number of hydrogen-bond acceptors (Lipinski definition) is 3. The van der Waals surface area contributed by atoms with E-state index in [1.807, 2.05) is 18.8 Å². The summed E-state index contributed by atoms with van der Waals surface area (Å²) >= 11 is 2.01. The second-order valence-corrected chi connectivity index (χ2v) is 6.27. The van der Waals surface area contributed by atoms with E-state index in [-0.39, 0.29) is 0 Å². The van der Waals surface area contributed by atoms with Gasteiger partial charge in [0.25, 0.3) is 0 Å². The van der Waals surface area contributed by atoms with Gasteiger partial charge in [-0.1, -0.05) is 38.1 Å². The molecule has 0 aliphatic carbocycles. The monoisotopic (exact) mass is 281 g/mol. The maximum Gasteiger partial charge on any atom is 0.0470 e. The average molecular weight is 281 g/mol. The van der Waals surface area contributed by atoms with Crippen LogP contribution in [0.4, 0.5) is 0 Å². The molecule has 0 saturated carbocycles. The lowest BCUT2D eigenvalue weighted by Crippen LogP contribution is -2.25. The standard InChI is InChI=1S/C16H27NOS/c1-5-14-7-9-15(10-8-14)16(17-3)13(2)19-12-6-11-18-4/h7-10,13,16-17H,5-6,11-12H2,1-4H3. The van der Waals surface area contributed by atoms with Gasteiger partial charge in [0.2, 0.25) is 0 Å². The zero-order chi connectivity index (χ0) is 14.1. The minimum Gasteiger partial charge on any atom is -0.385 e. The molecule has 0 aliphatic heterocycles. The molecule has 0 heterocycles. The van der Waals surface area contributed by atoms with E-state index in [1.54, 1.807) is 7.11 Å². The Kier molecular flexibility index (Phi) is 8.19. The predicted molar refractivity (Wildman–Crippen MR) is 86.0 cm³/mol. The van der Waals surface area contributed by atoms with Crippen LogP contribution in [0.3, 0.4) is 0 Å². The summed E-state index contributed by atoms with van der Waals surface area (Å²) in [6.07, 6.45) is 2.22. The first-order chi connectivity index (χ1) is 9.22. The molecule has 0 radical (unpaired) electrons. The van der Waals surface area contributed by atoms with Gasteiger partial charge in [-0.05, 0) is 36.8 Å². The van der Waals surface area contributed by atoms with E-state index in [0.29, 0.717) is 11.3 Å². The molecule has 1 N–H and O–H groups in total. The highest BCUT2D eigenvalue weighted by molar-refractivity contribution is 7.99. The zero-order valence-corrected chi connectivity index (χ0v) is 13.4. The molecular weight excluding hydrogens is 254 g/mol. The van der Waals surface area contributed by atoms with Crippen LogP contribution in [0.2, 0.25) is 0 Å². The second kappa shape index (κ2) is 9.40. The summed E-state index contributed by atoms with van der Waals surface area (Å²) in [7, 11) is 3.81. The third-order valence-corrected chi connectivity index (χ3v) is 4.72. The fourth-order valence-corrected chi connectivity index (χ4v) is 3.34. The van der Waals surface area contributed by atoms with Gasteiger partial charge in [-0.3, -0.25) is 0 Å². The maximum absolute atomic E-state index is 5.09. The molecule has 2 atom stereocenters. The van der Waals surface area contributed by atoms with Gasteiger partial charge in [0.15, 0.2) is 0 Å². The van der Waals surface area contributed by atoms with E-state index < -0.39 is 0 Å². The van der Waals surface area contributed by atoms with Crippen LogP contribution in [0, 0.1) is 0 Å². The van der Waals surface area contributed by atoms with Crippen molar-refractivity contribution in [2.24, 2.45) is 0 Å². The van der Waals surface area contributed by atoms with E-state index in [1.165, 1.54) is 11.1 Å². The Balaban J connectivity index is 2.54. The van der Waals surface area contributed by atoms with Gasteiger partial charge in [-0.25, -0.2) is 0 Å². The molecular formula is C16H27NOS. The first-order valence-corrected chi connectivity index (χ1v) is 8.14. The summed E-state index contributed by atoms with van der Waals surface area (Å²) in [5.41, 5.74) is 2.78. The van der Waals surface area contributed by atoms with Crippen LogP contribution in [-0.4, -0.2) is 31.8 Å². The molecule has 19 heavy (non-hydrogen) atoms. The molecule has 0 bridgehead atoms. The summed E-state index contributed by atoms with van der Waals surface area (Å²) < 4.78 is 5.09. The minimum atomic E-state index is 0.415. The molecule has 0 aromatic heterocycles. The lowest BCUT2D eigenvalue weighted by atomic mass is 10.0. The van der Waals surface area contributed by atoms with Gasteiger partial charge in [-0.2, -0.15) is 11.8 Å².